The highest BCUT2D eigenvalue weighted by Gasteiger charge is 2.29. The van der Waals surface area contributed by atoms with Gasteiger partial charge in [-0.15, -0.1) is 11.8 Å². The van der Waals surface area contributed by atoms with Crippen LogP contribution in [-0.2, 0) is 4.79 Å². The van der Waals surface area contributed by atoms with E-state index in [4.69, 9.17) is 9.47 Å². The Bertz CT molecular complexity index is 742. The minimum absolute atomic E-state index is 0.0327. The van der Waals surface area contributed by atoms with Crippen molar-refractivity contribution in [2.45, 2.75) is 17.2 Å². The van der Waals surface area contributed by atoms with E-state index in [1.165, 1.54) is 4.90 Å². The van der Waals surface area contributed by atoms with E-state index in [0.29, 0.717) is 12.2 Å². The molecule has 2 aromatic carbocycles. The van der Waals surface area contributed by atoms with Crippen LogP contribution in [0.3, 0.4) is 0 Å². The van der Waals surface area contributed by atoms with Gasteiger partial charge in [-0.2, -0.15) is 0 Å². The van der Waals surface area contributed by atoms with Gasteiger partial charge in [0.25, 0.3) is 0 Å². The van der Waals surface area contributed by atoms with E-state index < -0.39 is 0 Å². The number of benzene rings is 2. The predicted molar refractivity (Wildman–Crippen MR) is 85.9 cm³/mol. The number of rotatable bonds is 2. The van der Waals surface area contributed by atoms with Crippen molar-refractivity contribution in [2.24, 2.45) is 0 Å². The molecular weight excluding hydrogens is 298 g/mol. The Labute approximate surface area is 132 Å². The smallest absolute Gasteiger partial charge is 0.231 e. The molecule has 1 amide bonds. The van der Waals surface area contributed by atoms with Gasteiger partial charge in [0.2, 0.25) is 12.7 Å². The van der Waals surface area contributed by atoms with Gasteiger partial charge in [0.1, 0.15) is 0 Å². The molecule has 0 unspecified atom stereocenters. The number of thioether (sulfide) groups is 1. The van der Waals surface area contributed by atoms with Gasteiger partial charge in [-0.05, 0) is 35.6 Å². The van der Waals surface area contributed by atoms with Gasteiger partial charge in [0.05, 0.1) is 0 Å². The second-order valence-electron chi connectivity index (χ2n) is 5.37. The molecule has 4 nitrogen and oxygen atoms in total. The summed E-state index contributed by atoms with van der Waals surface area (Å²) in [4.78, 5) is 13.3. The molecule has 2 aromatic rings. The van der Waals surface area contributed by atoms with Crippen molar-refractivity contribution < 1.29 is 14.3 Å². The molecule has 0 fully saturated rings. The fourth-order valence-corrected chi connectivity index (χ4v) is 3.39. The third-order valence-corrected chi connectivity index (χ3v) is 4.85. The van der Waals surface area contributed by atoms with Crippen LogP contribution < -0.4 is 14.8 Å². The lowest BCUT2D eigenvalue weighted by Gasteiger charge is -2.26. The predicted octanol–water partition coefficient (Wildman–Crippen LogP) is 3.61. The Hall–Kier alpha value is -2.14. The number of ether oxygens (including phenoxy) is 2. The zero-order valence-corrected chi connectivity index (χ0v) is 12.9. The molecule has 2 aliphatic rings. The summed E-state index contributed by atoms with van der Waals surface area (Å²) in [5.41, 5.74) is 3.05. The largest absolute Gasteiger partial charge is 0.454 e. The lowest BCUT2D eigenvalue weighted by molar-refractivity contribution is -0.116. The molecule has 0 aromatic heterocycles. The van der Waals surface area contributed by atoms with Crippen LogP contribution in [0.1, 0.15) is 23.5 Å². The van der Waals surface area contributed by atoms with Gasteiger partial charge in [0.15, 0.2) is 11.5 Å². The molecule has 0 saturated carbocycles. The van der Waals surface area contributed by atoms with Gasteiger partial charge < -0.3 is 14.8 Å². The molecule has 5 heteroatoms. The molecule has 112 valence electrons. The highest BCUT2D eigenvalue weighted by molar-refractivity contribution is 7.98. The van der Waals surface area contributed by atoms with Gasteiger partial charge in [-0.3, -0.25) is 4.79 Å². The van der Waals surface area contributed by atoms with E-state index in [1.807, 2.05) is 12.1 Å². The SMILES string of the molecule is CSc1ccc([C@@H]2CC(=O)Nc3cc4c(cc32)OCO4)cc1. The van der Waals surface area contributed by atoms with Crippen molar-refractivity contribution in [2.75, 3.05) is 18.4 Å². The fourth-order valence-electron chi connectivity index (χ4n) is 2.98. The zero-order chi connectivity index (χ0) is 15.1. The first-order valence-corrected chi connectivity index (χ1v) is 8.34. The van der Waals surface area contributed by atoms with Gasteiger partial charge in [0, 0.05) is 29.0 Å². The maximum atomic E-state index is 12.0. The van der Waals surface area contributed by atoms with Crippen LogP contribution in [-0.4, -0.2) is 19.0 Å². The van der Waals surface area contributed by atoms with Crippen LogP contribution in [0.25, 0.3) is 0 Å². The Kier molecular flexibility index (Phi) is 3.22. The number of nitrogens with one attached hydrogen (secondary N) is 1. The van der Waals surface area contributed by atoms with E-state index in [1.54, 1.807) is 11.8 Å². The maximum absolute atomic E-state index is 12.0. The van der Waals surface area contributed by atoms with E-state index >= 15 is 0 Å². The van der Waals surface area contributed by atoms with Crippen molar-refractivity contribution in [3.8, 4) is 11.5 Å². The van der Waals surface area contributed by atoms with Crippen LogP contribution in [0.5, 0.6) is 11.5 Å². The highest BCUT2D eigenvalue weighted by Crippen LogP contribution is 2.44. The van der Waals surface area contributed by atoms with Crippen LogP contribution in [0.15, 0.2) is 41.3 Å². The standard InChI is InChI=1S/C17H15NO3S/c1-22-11-4-2-10(3-5-11)12-7-17(19)18-14-8-16-15(6-13(12)14)20-9-21-16/h2-6,8,12H,7,9H2,1H3,(H,18,19)/t12-/m0/s1. The zero-order valence-electron chi connectivity index (χ0n) is 12.1. The summed E-state index contributed by atoms with van der Waals surface area (Å²) in [5.74, 6) is 1.53. The average molecular weight is 313 g/mol. The Balaban J connectivity index is 1.79. The van der Waals surface area contributed by atoms with Crippen molar-refractivity contribution in [3.63, 3.8) is 0 Å². The second kappa shape index (κ2) is 5.25. The fraction of sp³-hybridized carbons (Fsp3) is 0.235. The summed E-state index contributed by atoms with van der Waals surface area (Å²) >= 11 is 1.71. The number of anilines is 1. The second-order valence-corrected chi connectivity index (χ2v) is 6.25. The maximum Gasteiger partial charge on any atom is 0.231 e. The lowest BCUT2D eigenvalue weighted by Crippen LogP contribution is -2.23. The number of fused-ring (bicyclic) bond motifs is 2. The molecule has 0 spiro atoms. The van der Waals surface area contributed by atoms with Crippen molar-refractivity contribution in [3.05, 3.63) is 47.5 Å². The molecular formula is C17H15NO3S. The minimum atomic E-state index is 0.0327. The molecule has 1 N–H and O–H groups in total. The van der Waals surface area contributed by atoms with Gasteiger partial charge in [-0.25, -0.2) is 0 Å². The molecule has 0 radical (unpaired) electrons. The first-order valence-electron chi connectivity index (χ1n) is 7.12. The minimum Gasteiger partial charge on any atom is -0.454 e. The van der Waals surface area contributed by atoms with Crippen molar-refractivity contribution in [1.82, 2.24) is 0 Å². The summed E-state index contributed by atoms with van der Waals surface area (Å²) in [6.07, 6.45) is 2.50. The van der Waals surface area contributed by atoms with Crippen LogP contribution in [0, 0.1) is 0 Å². The quantitative estimate of drug-likeness (QED) is 0.860. The Morgan fingerprint density at radius 3 is 2.59 bits per heavy atom. The van der Waals surface area contributed by atoms with Crippen LogP contribution in [0.2, 0.25) is 0 Å². The first kappa shape index (κ1) is 13.5. The average Bonchev–Trinajstić information content (AvgIpc) is 2.99. The molecule has 2 heterocycles. The van der Waals surface area contributed by atoms with Crippen LogP contribution >= 0.6 is 11.8 Å². The molecule has 0 bridgehead atoms. The van der Waals surface area contributed by atoms with E-state index in [0.717, 1.165) is 22.6 Å². The topological polar surface area (TPSA) is 47.6 Å². The van der Waals surface area contributed by atoms with E-state index in [9.17, 15) is 4.79 Å². The molecule has 4 rings (SSSR count). The normalized spacial score (nSPS) is 18.8. The van der Waals surface area contributed by atoms with Crippen molar-refractivity contribution >= 4 is 23.4 Å². The van der Waals surface area contributed by atoms with Gasteiger partial charge in [-0.1, -0.05) is 12.1 Å². The van der Waals surface area contributed by atoms with Gasteiger partial charge >= 0.3 is 0 Å². The third-order valence-electron chi connectivity index (χ3n) is 4.10. The van der Waals surface area contributed by atoms with Crippen LogP contribution in [0.4, 0.5) is 5.69 Å². The molecule has 22 heavy (non-hydrogen) atoms. The summed E-state index contributed by atoms with van der Waals surface area (Å²) in [6, 6.07) is 12.2. The Morgan fingerprint density at radius 1 is 1.14 bits per heavy atom. The summed E-state index contributed by atoms with van der Waals surface area (Å²) in [5, 5.41) is 2.93. The molecule has 0 aliphatic carbocycles. The number of amides is 1. The summed E-state index contributed by atoms with van der Waals surface area (Å²) < 4.78 is 10.9. The van der Waals surface area contributed by atoms with E-state index in [2.05, 4.69) is 35.8 Å². The summed E-state index contributed by atoms with van der Waals surface area (Å²) in [7, 11) is 0. The molecule has 1 atom stereocenters. The number of carbonyl (C=O) groups excluding carboxylic acids is 1. The van der Waals surface area contributed by atoms with E-state index in [-0.39, 0.29) is 18.6 Å². The lowest BCUT2D eigenvalue weighted by atomic mass is 9.84. The Morgan fingerprint density at radius 2 is 1.86 bits per heavy atom. The highest BCUT2D eigenvalue weighted by atomic mass is 32.2. The molecule has 0 saturated heterocycles. The third kappa shape index (κ3) is 2.22. The summed E-state index contributed by atoms with van der Waals surface area (Å²) in [6.45, 7) is 0.235. The number of hydrogen-bond acceptors (Lipinski definition) is 4. The van der Waals surface area contributed by atoms with Crippen molar-refractivity contribution in [1.29, 1.82) is 0 Å². The molecule has 2 aliphatic heterocycles. The number of hydrogen-bond donors (Lipinski definition) is 1. The first-order chi connectivity index (χ1) is 10.7. The number of carbonyl (C=O) groups is 1. The monoisotopic (exact) mass is 313 g/mol.